The molecule has 3 rings (SSSR count). The van der Waals surface area contributed by atoms with Gasteiger partial charge in [-0.25, -0.2) is 9.97 Å². The van der Waals surface area contributed by atoms with Crippen molar-refractivity contribution in [1.82, 2.24) is 9.97 Å². The largest absolute Gasteiger partial charge is 0.311 e. The molecule has 0 fully saturated rings. The topological polar surface area (TPSA) is 46.1 Å². The van der Waals surface area contributed by atoms with Crippen molar-refractivity contribution in [3.05, 3.63) is 47.8 Å². The average Bonchev–Trinajstić information content (AvgIpc) is 2.47. The van der Waals surface area contributed by atoms with Gasteiger partial charge in [0.15, 0.2) is 6.29 Å². The van der Waals surface area contributed by atoms with E-state index in [1.807, 2.05) is 24.3 Å². The first-order valence-electron chi connectivity index (χ1n) is 6.02. The number of nitrogens with zero attached hydrogens (tertiary/aromatic N) is 3. The summed E-state index contributed by atoms with van der Waals surface area (Å²) < 4.78 is 0. The molecule has 0 saturated carbocycles. The minimum atomic E-state index is 0.469. The maximum absolute atomic E-state index is 10.8. The smallest absolute Gasteiger partial charge is 0.168 e. The SMILES string of the molecule is O=Cc1ccc2c(n1)N(c1ccccn1)CCC2. The highest BCUT2D eigenvalue weighted by atomic mass is 16.1. The molecule has 0 saturated heterocycles. The number of fused-ring (bicyclic) bond motifs is 1. The van der Waals surface area contributed by atoms with Gasteiger partial charge in [0.25, 0.3) is 0 Å². The minimum Gasteiger partial charge on any atom is -0.311 e. The predicted octanol–water partition coefficient (Wildman–Crippen LogP) is 2.37. The minimum absolute atomic E-state index is 0.469. The lowest BCUT2D eigenvalue weighted by molar-refractivity contribution is 0.111. The Morgan fingerprint density at radius 2 is 2.17 bits per heavy atom. The summed E-state index contributed by atoms with van der Waals surface area (Å²) in [5.74, 6) is 1.75. The lowest BCUT2D eigenvalue weighted by Crippen LogP contribution is -2.26. The van der Waals surface area contributed by atoms with Crippen molar-refractivity contribution in [2.75, 3.05) is 11.4 Å². The summed E-state index contributed by atoms with van der Waals surface area (Å²) in [6.45, 7) is 0.888. The van der Waals surface area contributed by atoms with Crippen molar-refractivity contribution in [2.24, 2.45) is 0 Å². The molecule has 18 heavy (non-hydrogen) atoms. The zero-order valence-corrected chi connectivity index (χ0v) is 9.91. The Morgan fingerprint density at radius 3 is 2.94 bits per heavy atom. The predicted molar refractivity (Wildman–Crippen MR) is 69.2 cm³/mol. The summed E-state index contributed by atoms with van der Waals surface area (Å²) in [4.78, 5) is 21.7. The highest BCUT2D eigenvalue weighted by Gasteiger charge is 2.20. The Labute approximate surface area is 105 Å². The normalized spacial score (nSPS) is 14.1. The van der Waals surface area contributed by atoms with Crippen molar-refractivity contribution in [1.29, 1.82) is 0 Å². The zero-order valence-electron chi connectivity index (χ0n) is 9.91. The van der Waals surface area contributed by atoms with E-state index < -0.39 is 0 Å². The van der Waals surface area contributed by atoms with Crippen molar-refractivity contribution in [3.8, 4) is 0 Å². The highest BCUT2D eigenvalue weighted by molar-refractivity contribution is 5.74. The van der Waals surface area contributed by atoms with Gasteiger partial charge in [0.05, 0.1) is 0 Å². The van der Waals surface area contributed by atoms with Crippen LogP contribution in [0.3, 0.4) is 0 Å². The van der Waals surface area contributed by atoms with Crippen LogP contribution in [0.25, 0.3) is 0 Å². The van der Waals surface area contributed by atoms with Gasteiger partial charge in [-0.3, -0.25) is 4.79 Å². The Kier molecular flexibility index (Phi) is 2.76. The highest BCUT2D eigenvalue weighted by Crippen LogP contribution is 2.30. The summed E-state index contributed by atoms with van der Waals surface area (Å²) in [5.41, 5.74) is 1.65. The van der Waals surface area contributed by atoms with Crippen LogP contribution in [0.4, 0.5) is 11.6 Å². The van der Waals surface area contributed by atoms with Crippen LogP contribution in [0, 0.1) is 0 Å². The van der Waals surface area contributed by atoms with Crippen molar-refractivity contribution < 1.29 is 4.79 Å². The maximum Gasteiger partial charge on any atom is 0.168 e. The Balaban J connectivity index is 2.08. The van der Waals surface area contributed by atoms with E-state index in [4.69, 9.17) is 0 Å². The first-order valence-corrected chi connectivity index (χ1v) is 6.02. The molecule has 0 aliphatic carbocycles. The second-order valence-electron chi connectivity index (χ2n) is 4.28. The van der Waals surface area contributed by atoms with Crippen LogP contribution in [0.15, 0.2) is 36.5 Å². The van der Waals surface area contributed by atoms with Gasteiger partial charge in [0, 0.05) is 12.7 Å². The summed E-state index contributed by atoms with van der Waals surface area (Å²) in [6, 6.07) is 9.57. The third-order valence-electron chi connectivity index (χ3n) is 3.11. The van der Waals surface area contributed by atoms with Gasteiger partial charge in [-0.2, -0.15) is 0 Å². The number of aryl methyl sites for hydroxylation is 1. The maximum atomic E-state index is 10.8. The van der Waals surface area contributed by atoms with Crippen LogP contribution >= 0.6 is 0 Å². The van der Waals surface area contributed by atoms with E-state index in [0.717, 1.165) is 37.3 Å². The second kappa shape index (κ2) is 4.56. The molecule has 0 spiro atoms. The summed E-state index contributed by atoms with van der Waals surface area (Å²) in [5, 5.41) is 0. The molecule has 3 heterocycles. The Bertz CT molecular complexity index is 569. The van der Waals surface area contributed by atoms with Gasteiger partial charge in [-0.05, 0) is 36.6 Å². The fourth-order valence-corrected chi connectivity index (χ4v) is 2.26. The number of hydrogen-bond donors (Lipinski definition) is 0. The van der Waals surface area contributed by atoms with Crippen molar-refractivity contribution in [2.45, 2.75) is 12.8 Å². The molecule has 2 aromatic rings. The van der Waals surface area contributed by atoms with Gasteiger partial charge < -0.3 is 4.90 Å². The number of pyridine rings is 2. The molecule has 0 radical (unpaired) electrons. The van der Waals surface area contributed by atoms with Gasteiger partial charge >= 0.3 is 0 Å². The van der Waals surface area contributed by atoms with Crippen LogP contribution in [-0.4, -0.2) is 22.8 Å². The number of aldehydes is 1. The Hall–Kier alpha value is -2.23. The first-order chi connectivity index (χ1) is 8.88. The fraction of sp³-hybridized carbons (Fsp3) is 0.214. The molecule has 4 heteroatoms. The van der Waals surface area contributed by atoms with E-state index in [9.17, 15) is 4.79 Å². The molecule has 0 unspecified atom stereocenters. The first kappa shape index (κ1) is 10.9. The fourth-order valence-electron chi connectivity index (χ4n) is 2.26. The monoisotopic (exact) mass is 239 g/mol. The molecule has 0 bridgehead atoms. The molecular weight excluding hydrogens is 226 g/mol. The van der Waals surface area contributed by atoms with Crippen LogP contribution in [-0.2, 0) is 6.42 Å². The van der Waals surface area contributed by atoms with Gasteiger partial charge in [0.1, 0.15) is 17.3 Å². The van der Waals surface area contributed by atoms with Gasteiger partial charge in [-0.1, -0.05) is 12.1 Å². The molecule has 0 atom stereocenters. The molecular formula is C14H13N3O. The van der Waals surface area contributed by atoms with Gasteiger partial charge in [-0.15, -0.1) is 0 Å². The number of aromatic nitrogens is 2. The average molecular weight is 239 g/mol. The van der Waals surface area contributed by atoms with E-state index in [1.54, 1.807) is 12.3 Å². The number of rotatable bonds is 2. The number of hydrogen-bond acceptors (Lipinski definition) is 4. The molecule has 1 aliphatic rings. The van der Waals surface area contributed by atoms with Crippen molar-refractivity contribution >= 4 is 17.9 Å². The van der Waals surface area contributed by atoms with Crippen LogP contribution < -0.4 is 4.90 Å². The molecule has 90 valence electrons. The lowest BCUT2D eigenvalue weighted by atomic mass is 10.1. The van der Waals surface area contributed by atoms with Crippen LogP contribution in [0.1, 0.15) is 22.5 Å². The summed E-state index contributed by atoms with van der Waals surface area (Å²) >= 11 is 0. The number of carbonyl (C=O) groups excluding carboxylic acids is 1. The lowest BCUT2D eigenvalue weighted by Gasteiger charge is -2.29. The quantitative estimate of drug-likeness (QED) is 0.755. The third-order valence-corrected chi connectivity index (χ3v) is 3.11. The van der Waals surface area contributed by atoms with E-state index >= 15 is 0 Å². The zero-order chi connectivity index (χ0) is 12.4. The summed E-state index contributed by atoms with van der Waals surface area (Å²) in [7, 11) is 0. The standard InChI is InChI=1S/C14H13N3O/c18-10-12-7-6-11-4-3-9-17(14(11)16-12)13-5-1-2-8-15-13/h1-2,5-8,10H,3-4,9H2. The molecule has 2 aromatic heterocycles. The second-order valence-corrected chi connectivity index (χ2v) is 4.28. The van der Waals surface area contributed by atoms with Gasteiger partial charge in [0.2, 0.25) is 0 Å². The number of carbonyl (C=O) groups is 1. The van der Waals surface area contributed by atoms with Crippen LogP contribution in [0.2, 0.25) is 0 Å². The Morgan fingerprint density at radius 1 is 1.22 bits per heavy atom. The molecule has 1 aliphatic heterocycles. The summed E-state index contributed by atoms with van der Waals surface area (Å²) in [6.07, 6.45) is 4.63. The van der Waals surface area contributed by atoms with E-state index in [-0.39, 0.29) is 0 Å². The molecule has 0 amide bonds. The van der Waals surface area contributed by atoms with E-state index in [2.05, 4.69) is 14.9 Å². The molecule has 0 aromatic carbocycles. The van der Waals surface area contributed by atoms with E-state index in [0.29, 0.717) is 5.69 Å². The molecule has 4 nitrogen and oxygen atoms in total. The van der Waals surface area contributed by atoms with E-state index in [1.165, 1.54) is 5.56 Å². The van der Waals surface area contributed by atoms with Crippen molar-refractivity contribution in [3.63, 3.8) is 0 Å². The van der Waals surface area contributed by atoms with Crippen LogP contribution in [0.5, 0.6) is 0 Å². The number of anilines is 2. The third kappa shape index (κ3) is 1.86. The molecule has 0 N–H and O–H groups in total.